The van der Waals surface area contributed by atoms with Gasteiger partial charge in [-0.05, 0) is 42.0 Å². The molecule has 2 aromatic carbocycles. The Bertz CT molecular complexity index is 1040. The molecule has 0 saturated heterocycles. The number of fused-ring (bicyclic) bond motifs is 1. The Morgan fingerprint density at radius 2 is 1.79 bits per heavy atom. The molecule has 0 aliphatic heterocycles. The van der Waals surface area contributed by atoms with Crippen molar-refractivity contribution in [1.82, 2.24) is 3.97 Å². The molecule has 2 N–H and O–H groups in total. The molecule has 0 saturated carbocycles. The number of benzene rings is 2. The van der Waals surface area contributed by atoms with E-state index in [1.165, 1.54) is 24.3 Å². The van der Waals surface area contributed by atoms with Crippen molar-refractivity contribution in [3.8, 4) is 0 Å². The quantitative estimate of drug-likeness (QED) is 0.690. The number of rotatable bonds is 4. The van der Waals surface area contributed by atoms with Gasteiger partial charge in [-0.15, -0.1) is 0 Å². The monoisotopic (exact) mass is 409 g/mol. The molecule has 0 unspecified atom stereocenters. The normalized spacial score (nSPS) is 11.8. The maximum Gasteiger partial charge on any atom is 0.337 e. The minimum atomic E-state index is -3.94. The average Bonchev–Trinajstić information content (AvgIpc) is 2.94. The number of carboxylic acids is 1. The molecule has 0 atom stereocenters. The van der Waals surface area contributed by atoms with Crippen molar-refractivity contribution in [2.24, 2.45) is 0 Å². The summed E-state index contributed by atoms with van der Waals surface area (Å²) in [5.41, 5.74) is 0.609. The summed E-state index contributed by atoms with van der Waals surface area (Å²) in [5, 5.41) is 18.8. The van der Waals surface area contributed by atoms with E-state index in [1.807, 2.05) is 0 Å². The lowest BCUT2D eigenvalue weighted by Gasteiger charge is -2.08. The minimum absolute atomic E-state index is 0.0470. The fourth-order valence-corrected chi connectivity index (χ4v) is 4.07. The Morgan fingerprint density at radius 1 is 1.12 bits per heavy atom. The summed E-state index contributed by atoms with van der Waals surface area (Å²) < 4.78 is 27.4. The molecular formula is C16H12BrNO5S. The van der Waals surface area contributed by atoms with Gasteiger partial charge < -0.3 is 10.2 Å². The second kappa shape index (κ2) is 6.04. The van der Waals surface area contributed by atoms with Crippen LogP contribution in [0.4, 0.5) is 0 Å². The van der Waals surface area contributed by atoms with E-state index in [0.717, 1.165) is 14.6 Å². The molecule has 0 spiro atoms. The van der Waals surface area contributed by atoms with Crippen molar-refractivity contribution < 1.29 is 23.4 Å². The maximum absolute atomic E-state index is 12.9. The molecule has 1 heterocycles. The summed E-state index contributed by atoms with van der Waals surface area (Å²) in [7, 11) is -3.94. The number of carboxylic acid groups (broad SMARTS) is 1. The van der Waals surface area contributed by atoms with Gasteiger partial charge >= 0.3 is 5.97 Å². The van der Waals surface area contributed by atoms with E-state index in [-0.39, 0.29) is 28.0 Å². The Balaban J connectivity index is 2.30. The number of nitrogens with zero attached hydrogens (tertiary/aromatic N) is 1. The fourth-order valence-electron chi connectivity index (χ4n) is 2.44. The zero-order valence-electron chi connectivity index (χ0n) is 12.2. The lowest BCUT2D eigenvalue weighted by atomic mass is 10.1. The highest BCUT2D eigenvalue weighted by molar-refractivity contribution is 9.10. The van der Waals surface area contributed by atoms with Crippen LogP contribution in [0, 0.1) is 0 Å². The molecule has 124 valence electrons. The van der Waals surface area contributed by atoms with Gasteiger partial charge in [0.25, 0.3) is 10.0 Å². The summed E-state index contributed by atoms with van der Waals surface area (Å²) in [6.07, 6.45) is 1.09. The van der Waals surface area contributed by atoms with Gasteiger partial charge in [0, 0.05) is 16.1 Å². The standard InChI is InChI=1S/C16H12BrNO5S/c17-11-2-4-12(5-3-11)24(22,23)18-8-14(16(20)21)13-7-10(9-19)1-6-15(13)18/h1-8,19H,9H2,(H,20,21). The first kappa shape index (κ1) is 16.7. The number of hydrogen-bond donors (Lipinski definition) is 2. The largest absolute Gasteiger partial charge is 0.478 e. The van der Waals surface area contributed by atoms with Crippen LogP contribution in [-0.2, 0) is 16.6 Å². The lowest BCUT2D eigenvalue weighted by Crippen LogP contribution is -2.12. The SMILES string of the molecule is O=C(O)c1cn(S(=O)(=O)c2ccc(Br)cc2)c2ccc(CO)cc12. The molecule has 0 fully saturated rings. The van der Waals surface area contributed by atoms with Gasteiger partial charge in [-0.2, -0.15) is 0 Å². The number of aliphatic hydroxyl groups excluding tert-OH is 1. The summed E-state index contributed by atoms with van der Waals surface area (Å²) in [6, 6.07) is 10.6. The molecule has 0 aliphatic carbocycles. The Labute approximate surface area is 146 Å². The van der Waals surface area contributed by atoms with Crippen LogP contribution in [0.15, 0.2) is 58.0 Å². The van der Waals surface area contributed by atoms with Crippen LogP contribution in [-0.4, -0.2) is 28.6 Å². The highest BCUT2D eigenvalue weighted by atomic mass is 79.9. The van der Waals surface area contributed by atoms with Gasteiger partial charge in [-0.25, -0.2) is 17.2 Å². The van der Waals surface area contributed by atoms with Crippen LogP contribution in [0.1, 0.15) is 15.9 Å². The van der Waals surface area contributed by atoms with Crippen molar-refractivity contribution >= 4 is 42.8 Å². The summed E-state index contributed by atoms with van der Waals surface area (Å²) in [4.78, 5) is 11.5. The second-order valence-electron chi connectivity index (χ2n) is 5.11. The zero-order valence-corrected chi connectivity index (χ0v) is 14.6. The Morgan fingerprint density at radius 3 is 2.38 bits per heavy atom. The van der Waals surface area contributed by atoms with Crippen molar-refractivity contribution in [2.45, 2.75) is 11.5 Å². The number of aromatic nitrogens is 1. The van der Waals surface area contributed by atoms with Crippen LogP contribution in [0.3, 0.4) is 0 Å². The van der Waals surface area contributed by atoms with Gasteiger partial charge in [0.1, 0.15) is 0 Å². The number of halogens is 1. The van der Waals surface area contributed by atoms with Crippen LogP contribution >= 0.6 is 15.9 Å². The molecule has 0 aliphatic rings. The molecule has 8 heteroatoms. The van der Waals surface area contributed by atoms with Gasteiger partial charge in [0.05, 0.1) is 22.6 Å². The van der Waals surface area contributed by atoms with Crippen LogP contribution in [0.2, 0.25) is 0 Å². The number of carbonyl (C=O) groups is 1. The second-order valence-corrected chi connectivity index (χ2v) is 7.84. The maximum atomic E-state index is 12.9. The zero-order chi connectivity index (χ0) is 17.5. The van der Waals surface area contributed by atoms with E-state index < -0.39 is 16.0 Å². The van der Waals surface area contributed by atoms with Crippen molar-refractivity contribution in [3.63, 3.8) is 0 Å². The number of hydrogen-bond acceptors (Lipinski definition) is 4. The molecule has 1 aromatic heterocycles. The highest BCUT2D eigenvalue weighted by Gasteiger charge is 2.23. The number of aromatic carboxylic acids is 1. The molecule has 0 bridgehead atoms. The van der Waals surface area contributed by atoms with E-state index in [2.05, 4.69) is 15.9 Å². The molecule has 6 nitrogen and oxygen atoms in total. The van der Waals surface area contributed by atoms with Gasteiger partial charge in [0.2, 0.25) is 0 Å². The molecular weight excluding hydrogens is 398 g/mol. The van der Waals surface area contributed by atoms with Gasteiger partial charge in [-0.1, -0.05) is 22.0 Å². The van der Waals surface area contributed by atoms with E-state index >= 15 is 0 Å². The predicted octanol–water partition coefficient (Wildman–Crippen LogP) is 2.83. The van der Waals surface area contributed by atoms with Crippen molar-refractivity contribution in [3.05, 3.63) is 64.3 Å². The fraction of sp³-hybridized carbons (Fsp3) is 0.0625. The minimum Gasteiger partial charge on any atom is -0.478 e. The number of aliphatic hydroxyl groups is 1. The predicted molar refractivity (Wildman–Crippen MR) is 91.5 cm³/mol. The highest BCUT2D eigenvalue weighted by Crippen LogP contribution is 2.27. The topological polar surface area (TPSA) is 96.6 Å². The summed E-state index contributed by atoms with van der Waals surface area (Å²) >= 11 is 3.24. The summed E-state index contributed by atoms with van der Waals surface area (Å²) in [5.74, 6) is -1.24. The third-order valence-electron chi connectivity index (χ3n) is 3.62. The third-order valence-corrected chi connectivity index (χ3v) is 5.83. The molecule has 3 rings (SSSR count). The van der Waals surface area contributed by atoms with Crippen LogP contribution in [0.25, 0.3) is 10.9 Å². The van der Waals surface area contributed by atoms with Crippen molar-refractivity contribution in [2.75, 3.05) is 0 Å². The van der Waals surface area contributed by atoms with E-state index in [9.17, 15) is 23.4 Å². The molecule has 24 heavy (non-hydrogen) atoms. The Hall–Kier alpha value is -2.16. The van der Waals surface area contributed by atoms with E-state index in [1.54, 1.807) is 18.2 Å². The Kier molecular flexibility index (Phi) is 4.20. The van der Waals surface area contributed by atoms with Crippen LogP contribution < -0.4 is 0 Å². The van der Waals surface area contributed by atoms with Crippen molar-refractivity contribution in [1.29, 1.82) is 0 Å². The van der Waals surface area contributed by atoms with E-state index in [0.29, 0.717) is 5.56 Å². The van der Waals surface area contributed by atoms with Gasteiger partial charge in [-0.3, -0.25) is 0 Å². The average molecular weight is 410 g/mol. The first-order valence-electron chi connectivity index (χ1n) is 6.84. The smallest absolute Gasteiger partial charge is 0.337 e. The van der Waals surface area contributed by atoms with Crippen LogP contribution in [0.5, 0.6) is 0 Å². The summed E-state index contributed by atoms with van der Waals surface area (Å²) in [6.45, 7) is -0.264. The molecule has 0 amide bonds. The molecule has 0 radical (unpaired) electrons. The van der Waals surface area contributed by atoms with Gasteiger partial charge in [0.15, 0.2) is 0 Å². The van der Waals surface area contributed by atoms with E-state index in [4.69, 9.17) is 0 Å². The lowest BCUT2D eigenvalue weighted by molar-refractivity contribution is 0.0699. The molecule has 3 aromatic rings. The third kappa shape index (κ3) is 2.72. The first-order chi connectivity index (χ1) is 11.3. The first-order valence-corrected chi connectivity index (χ1v) is 9.07.